The molecule has 2 rings (SSSR count). The summed E-state index contributed by atoms with van der Waals surface area (Å²) in [6.45, 7) is 2.83. The Morgan fingerprint density at radius 3 is 2.62 bits per heavy atom. The Labute approximate surface area is 143 Å². The van der Waals surface area contributed by atoms with E-state index in [4.69, 9.17) is 9.47 Å². The fourth-order valence-corrected chi connectivity index (χ4v) is 3.92. The number of hydrogen-bond acceptors (Lipinski definition) is 5. The lowest BCUT2D eigenvalue weighted by molar-refractivity contribution is -0.121. The number of amides is 1. The molecule has 0 aliphatic carbocycles. The van der Waals surface area contributed by atoms with E-state index >= 15 is 0 Å². The Hall–Kier alpha value is -1.64. The number of benzene rings is 1. The van der Waals surface area contributed by atoms with Gasteiger partial charge in [0.1, 0.15) is 5.75 Å². The Bertz CT molecular complexity index is 639. The van der Waals surface area contributed by atoms with Crippen LogP contribution in [0.15, 0.2) is 29.2 Å². The van der Waals surface area contributed by atoms with Crippen LogP contribution < -0.4 is 10.1 Å². The molecule has 0 spiro atoms. The van der Waals surface area contributed by atoms with Crippen molar-refractivity contribution in [3.8, 4) is 5.75 Å². The van der Waals surface area contributed by atoms with Crippen LogP contribution >= 0.6 is 0 Å². The SMILES string of the molecule is CCN(CC(=O)NC[C@H]1CCCO1)S(=O)(=O)c1ccc(OC)cc1. The molecule has 1 amide bonds. The molecule has 0 bridgehead atoms. The molecule has 1 atom stereocenters. The van der Waals surface area contributed by atoms with Gasteiger partial charge in [-0.15, -0.1) is 0 Å². The average Bonchev–Trinajstić information content (AvgIpc) is 3.11. The minimum Gasteiger partial charge on any atom is -0.497 e. The van der Waals surface area contributed by atoms with Crippen LogP contribution in [0.3, 0.4) is 0 Å². The maximum atomic E-state index is 12.6. The number of carbonyl (C=O) groups is 1. The van der Waals surface area contributed by atoms with Crippen LogP contribution in [0, 0.1) is 0 Å². The lowest BCUT2D eigenvalue weighted by Gasteiger charge is -2.20. The van der Waals surface area contributed by atoms with E-state index < -0.39 is 10.0 Å². The monoisotopic (exact) mass is 356 g/mol. The van der Waals surface area contributed by atoms with Crippen LogP contribution in [0.4, 0.5) is 0 Å². The molecule has 0 aromatic heterocycles. The van der Waals surface area contributed by atoms with Crippen LogP contribution in [0.1, 0.15) is 19.8 Å². The summed E-state index contributed by atoms with van der Waals surface area (Å²) < 4.78 is 36.9. The number of rotatable bonds is 8. The molecule has 8 heteroatoms. The second-order valence-electron chi connectivity index (χ2n) is 5.55. The average molecular weight is 356 g/mol. The van der Waals surface area contributed by atoms with Gasteiger partial charge in [0.15, 0.2) is 0 Å². The predicted octanol–water partition coefficient (Wildman–Crippen LogP) is 1.00. The molecule has 134 valence electrons. The predicted molar refractivity (Wildman–Crippen MR) is 89.4 cm³/mol. The molecule has 1 N–H and O–H groups in total. The van der Waals surface area contributed by atoms with E-state index in [0.29, 0.717) is 18.9 Å². The maximum Gasteiger partial charge on any atom is 0.243 e. The first kappa shape index (κ1) is 18.7. The van der Waals surface area contributed by atoms with Gasteiger partial charge in [0.25, 0.3) is 0 Å². The van der Waals surface area contributed by atoms with Gasteiger partial charge in [0, 0.05) is 19.7 Å². The molecule has 1 aliphatic heterocycles. The lowest BCUT2D eigenvalue weighted by Crippen LogP contribution is -2.42. The van der Waals surface area contributed by atoms with Crippen molar-refractivity contribution in [3.05, 3.63) is 24.3 Å². The normalized spacial score (nSPS) is 17.9. The van der Waals surface area contributed by atoms with Crippen molar-refractivity contribution >= 4 is 15.9 Å². The third-order valence-electron chi connectivity index (χ3n) is 3.92. The molecule has 1 aromatic carbocycles. The number of methoxy groups -OCH3 is 1. The molecule has 1 heterocycles. The van der Waals surface area contributed by atoms with Crippen LogP contribution in [0.5, 0.6) is 5.75 Å². The van der Waals surface area contributed by atoms with E-state index in [9.17, 15) is 13.2 Å². The summed E-state index contributed by atoms with van der Waals surface area (Å²) in [7, 11) is -2.21. The molecule has 1 saturated heterocycles. The second kappa shape index (κ2) is 8.46. The largest absolute Gasteiger partial charge is 0.497 e. The molecule has 0 unspecified atom stereocenters. The van der Waals surface area contributed by atoms with E-state index in [0.717, 1.165) is 17.1 Å². The van der Waals surface area contributed by atoms with Crippen molar-refractivity contribution in [2.45, 2.75) is 30.8 Å². The van der Waals surface area contributed by atoms with Crippen LogP contribution in [0.2, 0.25) is 0 Å². The van der Waals surface area contributed by atoms with Crippen LogP contribution in [-0.2, 0) is 19.6 Å². The van der Waals surface area contributed by atoms with Gasteiger partial charge < -0.3 is 14.8 Å². The Kier molecular flexibility index (Phi) is 6.59. The summed E-state index contributed by atoms with van der Waals surface area (Å²) in [4.78, 5) is 12.2. The highest BCUT2D eigenvalue weighted by Crippen LogP contribution is 2.19. The zero-order valence-corrected chi connectivity index (χ0v) is 14.8. The van der Waals surface area contributed by atoms with E-state index in [1.54, 1.807) is 19.1 Å². The lowest BCUT2D eigenvalue weighted by atomic mass is 10.2. The molecule has 1 aromatic rings. The fraction of sp³-hybridized carbons (Fsp3) is 0.562. The minimum atomic E-state index is -3.72. The van der Waals surface area contributed by atoms with Gasteiger partial charge in [-0.2, -0.15) is 4.31 Å². The Balaban J connectivity index is 1.98. The van der Waals surface area contributed by atoms with Crippen molar-refractivity contribution in [2.24, 2.45) is 0 Å². The molecular weight excluding hydrogens is 332 g/mol. The Morgan fingerprint density at radius 1 is 1.38 bits per heavy atom. The third-order valence-corrected chi connectivity index (χ3v) is 5.86. The van der Waals surface area contributed by atoms with E-state index in [1.807, 2.05) is 0 Å². The van der Waals surface area contributed by atoms with Gasteiger partial charge in [-0.25, -0.2) is 8.42 Å². The first-order valence-electron chi connectivity index (χ1n) is 8.00. The van der Waals surface area contributed by atoms with Crippen molar-refractivity contribution in [3.63, 3.8) is 0 Å². The van der Waals surface area contributed by atoms with E-state index in [-0.39, 0.29) is 30.0 Å². The zero-order valence-electron chi connectivity index (χ0n) is 14.0. The quantitative estimate of drug-likeness (QED) is 0.751. The number of nitrogens with zero attached hydrogens (tertiary/aromatic N) is 1. The van der Waals surface area contributed by atoms with Crippen LogP contribution in [0.25, 0.3) is 0 Å². The van der Waals surface area contributed by atoms with Gasteiger partial charge >= 0.3 is 0 Å². The van der Waals surface area contributed by atoms with E-state index in [1.165, 1.54) is 19.2 Å². The third kappa shape index (κ3) is 4.68. The minimum absolute atomic E-state index is 0.0298. The molecule has 24 heavy (non-hydrogen) atoms. The van der Waals surface area contributed by atoms with E-state index in [2.05, 4.69) is 5.32 Å². The van der Waals surface area contributed by atoms with Gasteiger partial charge in [-0.05, 0) is 37.1 Å². The first-order valence-corrected chi connectivity index (χ1v) is 9.44. The number of likely N-dealkylation sites (N-methyl/N-ethyl adjacent to an activating group) is 1. The summed E-state index contributed by atoms with van der Waals surface area (Å²) in [5.41, 5.74) is 0. The topological polar surface area (TPSA) is 84.9 Å². The number of carbonyl (C=O) groups excluding carboxylic acids is 1. The van der Waals surface area contributed by atoms with Gasteiger partial charge in [0.2, 0.25) is 15.9 Å². The summed E-state index contributed by atoms with van der Waals surface area (Å²) in [5, 5.41) is 2.74. The summed E-state index contributed by atoms with van der Waals surface area (Å²) in [5.74, 6) is 0.246. The molecular formula is C16H24N2O5S. The smallest absolute Gasteiger partial charge is 0.243 e. The number of nitrogens with one attached hydrogen (secondary N) is 1. The molecule has 0 radical (unpaired) electrons. The van der Waals surface area contributed by atoms with Gasteiger partial charge in [-0.1, -0.05) is 6.92 Å². The van der Waals surface area contributed by atoms with Crippen molar-refractivity contribution in [1.29, 1.82) is 0 Å². The summed E-state index contributed by atoms with van der Waals surface area (Å²) in [6, 6.07) is 6.11. The van der Waals surface area contributed by atoms with Crippen molar-refractivity contribution in [1.82, 2.24) is 9.62 Å². The molecule has 7 nitrogen and oxygen atoms in total. The summed E-state index contributed by atoms with van der Waals surface area (Å²) >= 11 is 0. The highest BCUT2D eigenvalue weighted by atomic mass is 32.2. The van der Waals surface area contributed by atoms with Gasteiger partial charge in [0.05, 0.1) is 24.7 Å². The summed E-state index contributed by atoms with van der Waals surface area (Å²) in [6.07, 6.45) is 1.94. The van der Waals surface area contributed by atoms with Gasteiger partial charge in [-0.3, -0.25) is 4.79 Å². The fourth-order valence-electron chi connectivity index (χ4n) is 2.51. The zero-order chi connectivity index (χ0) is 17.6. The molecule has 1 fully saturated rings. The standard InChI is InChI=1S/C16H24N2O5S/c1-3-18(12-16(19)17-11-14-5-4-10-23-14)24(20,21)15-8-6-13(22-2)7-9-15/h6-9,14H,3-5,10-12H2,1-2H3,(H,17,19)/t14-/m1/s1. The van der Waals surface area contributed by atoms with Crippen LogP contribution in [-0.4, -0.2) is 58.1 Å². The number of ether oxygens (including phenoxy) is 2. The van der Waals surface area contributed by atoms with Crippen molar-refractivity contribution in [2.75, 3.05) is 33.4 Å². The van der Waals surface area contributed by atoms with Crippen molar-refractivity contribution < 1.29 is 22.7 Å². The number of hydrogen-bond donors (Lipinski definition) is 1. The number of sulfonamides is 1. The molecule has 1 aliphatic rings. The second-order valence-corrected chi connectivity index (χ2v) is 7.48. The maximum absolute atomic E-state index is 12.6. The highest BCUT2D eigenvalue weighted by molar-refractivity contribution is 7.89. The molecule has 0 saturated carbocycles. The highest BCUT2D eigenvalue weighted by Gasteiger charge is 2.25. The first-order chi connectivity index (χ1) is 11.5. The Morgan fingerprint density at radius 2 is 2.08 bits per heavy atom.